The molecular formula is C8H10Br2Pt+2. The summed E-state index contributed by atoms with van der Waals surface area (Å²) < 4.78 is 2.66. The molecule has 0 unspecified atom stereocenters. The maximum absolute atomic E-state index is 3.54. The number of hydrogen-bond acceptors (Lipinski definition) is 0. The van der Waals surface area contributed by atoms with Crippen LogP contribution in [0.25, 0.3) is 0 Å². The fourth-order valence-corrected chi connectivity index (χ4v) is 1.78. The SMILES string of the molecule is BrC1=C(Br)CCC=CCC1.[Pt+2]. The van der Waals surface area contributed by atoms with Crippen molar-refractivity contribution in [2.75, 3.05) is 0 Å². The summed E-state index contributed by atoms with van der Waals surface area (Å²) in [4.78, 5) is 0. The Morgan fingerprint density at radius 1 is 0.909 bits per heavy atom. The molecule has 0 fully saturated rings. The summed E-state index contributed by atoms with van der Waals surface area (Å²) in [6.07, 6.45) is 9.10. The molecule has 11 heavy (non-hydrogen) atoms. The van der Waals surface area contributed by atoms with Gasteiger partial charge in [-0.1, -0.05) is 44.0 Å². The first kappa shape index (κ1) is 12.1. The Labute approximate surface area is 99.0 Å². The number of hydrogen-bond donors (Lipinski definition) is 0. The maximum atomic E-state index is 3.54. The molecule has 0 saturated carbocycles. The van der Waals surface area contributed by atoms with Gasteiger partial charge in [-0.3, -0.25) is 0 Å². The molecule has 0 atom stereocenters. The van der Waals surface area contributed by atoms with E-state index in [4.69, 9.17) is 0 Å². The van der Waals surface area contributed by atoms with Gasteiger partial charge < -0.3 is 0 Å². The summed E-state index contributed by atoms with van der Waals surface area (Å²) in [5, 5.41) is 0. The summed E-state index contributed by atoms with van der Waals surface area (Å²) in [6.45, 7) is 0. The average molecular weight is 461 g/mol. The number of halogens is 2. The summed E-state index contributed by atoms with van der Waals surface area (Å²) in [5.41, 5.74) is 0. The molecule has 1 aliphatic carbocycles. The summed E-state index contributed by atoms with van der Waals surface area (Å²) >= 11 is 7.07. The zero-order valence-corrected chi connectivity index (χ0v) is 11.5. The van der Waals surface area contributed by atoms with Gasteiger partial charge in [-0.05, 0) is 25.7 Å². The predicted molar refractivity (Wildman–Crippen MR) is 52.5 cm³/mol. The Morgan fingerprint density at radius 3 is 1.64 bits per heavy atom. The summed E-state index contributed by atoms with van der Waals surface area (Å²) in [6, 6.07) is 0. The van der Waals surface area contributed by atoms with E-state index in [0.717, 1.165) is 25.7 Å². The van der Waals surface area contributed by atoms with Crippen LogP contribution in [-0.2, 0) is 21.1 Å². The quantitative estimate of drug-likeness (QED) is 0.477. The van der Waals surface area contributed by atoms with Crippen LogP contribution in [0.1, 0.15) is 25.7 Å². The third-order valence-electron chi connectivity index (χ3n) is 1.52. The van der Waals surface area contributed by atoms with E-state index < -0.39 is 0 Å². The Hall–Kier alpha value is 1.13. The molecule has 0 aromatic carbocycles. The Kier molecular flexibility index (Phi) is 7.30. The van der Waals surface area contributed by atoms with Crippen LogP contribution in [0.3, 0.4) is 0 Å². The van der Waals surface area contributed by atoms with Crippen molar-refractivity contribution in [3.05, 3.63) is 21.1 Å². The molecular weight excluding hydrogens is 451 g/mol. The van der Waals surface area contributed by atoms with Crippen molar-refractivity contribution in [2.45, 2.75) is 25.7 Å². The summed E-state index contributed by atoms with van der Waals surface area (Å²) in [5.74, 6) is 0. The third kappa shape index (κ3) is 4.65. The van der Waals surface area contributed by atoms with Crippen LogP contribution in [0.15, 0.2) is 21.1 Å². The van der Waals surface area contributed by atoms with E-state index in [0.29, 0.717) is 0 Å². The molecule has 0 bridgehead atoms. The van der Waals surface area contributed by atoms with E-state index in [2.05, 4.69) is 44.0 Å². The van der Waals surface area contributed by atoms with Crippen molar-refractivity contribution in [3.8, 4) is 0 Å². The topological polar surface area (TPSA) is 0 Å². The first-order chi connectivity index (χ1) is 4.80. The van der Waals surface area contributed by atoms with Crippen molar-refractivity contribution < 1.29 is 21.1 Å². The zero-order valence-electron chi connectivity index (χ0n) is 6.06. The minimum absolute atomic E-state index is 0. The maximum Gasteiger partial charge on any atom is 2.00 e. The molecule has 0 amide bonds. The Morgan fingerprint density at radius 2 is 1.27 bits per heavy atom. The molecule has 0 saturated heterocycles. The van der Waals surface area contributed by atoms with Crippen molar-refractivity contribution in [1.82, 2.24) is 0 Å². The molecule has 3 heteroatoms. The first-order valence-corrected chi connectivity index (χ1v) is 5.07. The molecule has 0 spiro atoms. The molecule has 0 aromatic heterocycles. The van der Waals surface area contributed by atoms with Crippen LogP contribution in [0.4, 0.5) is 0 Å². The monoisotopic (exact) mass is 459 g/mol. The fourth-order valence-electron chi connectivity index (χ4n) is 0.927. The van der Waals surface area contributed by atoms with Gasteiger partial charge in [0.25, 0.3) is 0 Å². The van der Waals surface area contributed by atoms with Crippen LogP contribution in [0.2, 0.25) is 0 Å². The van der Waals surface area contributed by atoms with E-state index in [1.54, 1.807) is 0 Å². The normalized spacial score (nSPS) is 18.7. The van der Waals surface area contributed by atoms with Gasteiger partial charge in [-0.15, -0.1) is 0 Å². The number of rotatable bonds is 0. The molecule has 0 N–H and O–H groups in total. The minimum Gasteiger partial charge on any atom is -0.0882 e. The van der Waals surface area contributed by atoms with Crippen LogP contribution >= 0.6 is 31.9 Å². The van der Waals surface area contributed by atoms with Crippen molar-refractivity contribution >= 4 is 31.9 Å². The molecule has 1 rings (SSSR count). The second-order valence-corrected chi connectivity index (χ2v) is 4.27. The van der Waals surface area contributed by atoms with Crippen LogP contribution < -0.4 is 0 Å². The molecule has 0 nitrogen and oxygen atoms in total. The van der Waals surface area contributed by atoms with Crippen molar-refractivity contribution in [1.29, 1.82) is 0 Å². The van der Waals surface area contributed by atoms with Crippen LogP contribution in [-0.4, -0.2) is 0 Å². The van der Waals surface area contributed by atoms with Gasteiger partial charge >= 0.3 is 21.1 Å². The molecule has 1 aliphatic rings. The van der Waals surface area contributed by atoms with E-state index in [9.17, 15) is 0 Å². The van der Waals surface area contributed by atoms with Crippen molar-refractivity contribution in [3.63, 3.8) is 0 Å². The zero-order chi connectivity index (χ0) is 7.40. The molecule has 0 heterocycles. The van der Waals surface area contributed by atoms with Gasteiger partial charge in [-0.2, -0.15) is 0 Å². The summed E-state index contributed by atoms with van der Waals surface area (Å²) in [7, 11) is 0. The Bertz CT molecular complexity index is 155. The van der Waals surface area contributed by atoms with E-state index in [1.165, 1.54) is 8.96 Å². The van der Waals surface area contributed by atoms with Crippen LogP contribution in [0, 0.1) is 0 Å². The van der Waals surface area contributed by atoms with E-state index >= 15 is 0 Å². The van der Waals surface area contributed by atoms with Gasteiger partial charge in [0.2, 0.25) is 0 Å². The van der Waals surface area contributed by atoms with E-state index in [-0.39, 0.29) is 21.1 Å². The van der Waals surface area contributed by atoms with Gasteiger partial charge in [0.1, 0.15) is 0 Å². The van der Waals surface area contributed by atoms with Gasteiger partial charge in [0, 0.05) is 8.96 Å². The number of allylic oxidation sites excluding steroid dienone is 4. The largest absolute Gasteiger partial charge is 2.00 e. The first-order valence-electron chi connectivity index (χ1n) is 3.48. The minimum atomic E-state index is 0. The Balaban J connectivity index is 0.000001000. The molecule has 64 valence electrons. The molecule has 0 aliphatic heterocycles. The van der Waals surface area contributed by atoms with Crippen molar-refractivity contribution in [2.24, 2.45) is 0 Å². The van der Waals surface area contributed by atoms with Gasteiger partial charge in [0.05, 0.1) is 0 Å². The second kappa shape index (κ2) is 6.62. The predicted octanol–water partition coefficient (Wildman–Crippen LogP) is 4.12. The third-order valence-corrected chi connectivity index (χ3v) is 3.80. The van der Waals surface area contributed by atoms with Gasteiger partial charge in [0.15, 0.2) is 0 Å². The average Bonchev–Trinajstić information content (AvgIpc) is 1.92. The van der Waals surface area contributed by atoms with Crippen LogP contribution in [0.5, 0.6) is 0 Å². The van der Waals surface area contributed by atoms with Gasteiger partial charge in [-0.25, -0.2) is 0 Å². The molecule has 0 aromatic rings. The second-order valence-electron chi connectivity index (χ2n) is 2.36. The fraction of sp³-hybridized carbons (Fsp3) is 0.500. The molecule has 0 radical (unpaired) electrons. The standard InChI is InChI=1S/C8H10Br2.Pt/c9-7-5-3-1-2-4-6-8(7)10;/h1-2H,3-6H2;/q;+2. The van der Waals surface area contributed by atoms with E-state index in [1.807, 2.05) is 0 Å². The smallest absolute Gasteiger partial charge is 0.0882 e.